The number of anilines is 2. The Bertz CT molecular complexity index is 1140. The van der Waals surface area contributed by atoms with Crippen LogP contribution in [0, 0.1) is 0 Å². The van der Waals surface area contributed by atoms with E-state index < -0.39 is 11.8 Å². The molecular weight excluding hydrogens is 418 g/mol. The highest BCUT2D eigenvalue weighted by atomic mass is 32.1. The fraction of sp³-hybridized carbons (Fsp3) is 0.250. The second kappa shape index (κ2) is 9.38. The third-order valence-corrected chi connectivity index (χ3v) is 5.43. The predicted octanol–water partition coefficient (Wildman–Crippen LogP) is 1.06. The Morgan fingerprint density at radius 1 is 1.19 bits per heavy atom. The van der Waals surface area contributed by atoms with Crippen molar-refractivity contribution in [2.24, 2.45) is 0 Å². The van der Waals surface area contributed by atoms with Gasteiger partial charge in [0.05, 0.1) is 30.4 Å². The molecule has 2 aromatic rings. The van der Waals surface area contributed by atoms with Crippen LogP contribution < -0.4 is 20.9 Å². The van der Waals surface area contributed by atoms with Crippen molar-refractivity contribution in [2.75, 3.05) is 43.5 Å². The van der Waals surface area contributed by atoms with E-state index in [4.69, 9.17) is 4.74 Å². The van der Waals surface area contributed by atoms with Crippen LogP contribution in [0.25, 0.3) is 0 Å². The third-order valence-electron chi connectivity index (χ3n) is 4.51. The highest BCUT2D eigenvalue weighted by Gasteiger charge is 2.21. The van der Waals surface area contributed by atoms with Gasteiger partial charge in [0.2, 0.25) is 10.0 Å². The smallest absolute Gasteiger partial charge is 0.287 e. The molecule has 31 heavy (non-hydrogen) atoms. The number of ether oxygens (including phenoxy) is 1. The Morgan fingerprint density at radius 3 is 2.68 bits per heavy atom. The van der Waals surface area contributed by atoms with Gasteiger partial charge in [-0.05, 0) is 11.8 Å². The lowest BCUT2D eigenvalue weighted by molar-refractivity contribution is 0.0964. The zero-order valence-corrected chi connectivity index (χ0v) is 17.5. The Kier molecular flexibility index (Phi) is 6.21. The molecule has 2 amide bonds. The van der Waals surface area contributed by atoms with Crippen molar-refractivity contribution < 1.29 is 14.3 Å². The lowest BCUT2D eigenvalue weighted by Crippen LogP contribution is -2.43. The van der Waals surface area contributed by atoms with Crippen molar-refractivity contribution in [3.05, 3.63) is 63.5 Å². The fourth-order valence-corrected chi connectivity index (χ4v) is 3.65. The number of nitrogens with one attached hydrogen (secondary N) is 3. The minimum atomic E-state index is -0.502. The number of aromatic nitrogens is 3. The minimum Gasteiger partial charge on any atom is -0.496 e. The number of methoxy groups -OCH3 is 1. The predicted molar refractivity (Wildman–Crippen MR) is 115 cm³/mol. The summed E-state index contributed by atoms with van der Waals surface area (Å²) >= 11 is 0.893. The average molecular weight is 437 g/mol. The lowest BCUT2D eigenvalue weighted by atomic mass is 10.2. The number of nitrogens with zero attached hydrogens (tertiary/aromatic N) is 4. The molecule has 3 N–H and O–H groups in total. The molecule has 1 fully saturated rings. The van der Waals surface area contributed by atoms with E-state index >= 15 is 0 Å². The normalized spacial score (nSPS) is 15.2. The summed E-state index contributed by atoms with van der Waals surface area (Å²) in [5.41, 5.74) is 7.36. The van der Waals surface area contributed by atoms with Gasteiger partial charge in [-0.1, -0.05) is 17.1 Å². The second-order valence-corrected chi connectivity index (χ2v) is 7.51. The van der Waals surface area contributed by atoms with Crippen LogP contribution in [0.5, 0.6) is 0 Å². The Hall–Kier alpha value is -3.75. The number of amides is 2. The molecule has 1 aliphatic carbocycles. The van der Waals surface area contributed by atoms with Crippen LogP contribution in [0.3, 0.4) is 0 Å². The van der Waals surface area contributed by atoms with Gasteiger partial charge in [-0.3, -0.25) is 14.6 Å². The fourth-order valence-electron chi connectivity index (χ4n) is 3.01. The Balaban J connectivity index is 1.45. The molecule has 0 saturated carbocycles. The van der Waals surface area contributed by atoms with Gasteiger partial charge in [0.1, 0.15) is 5.76 Å². The van der Waals surface area contributed by atoms with Crippen molar-refractivity contribution in [3.8, 4) is 0 Å². The summed E-state index contributed by atoms with van der Waals surface area (Å²) in [5, 5.41) is 16.6. The van der Waals surface area contributed by atoms with E-state index in [1.165, 1.54) is 7.11 Å². The first-order valence-corrected chi connectivity index (χ1v) is 10.3. The van der Waals surface area contributed by atoms with Crippen LogP contribution in [0.2, 0.25) is 0 Å². The molecule has 158 valence electrons. The van der Waals surface area contributed by atoms with Crippen LogP contribution in [0.15, 0.2) is 53.5 Å². The van der Waals surface area contributed by atoms with E-state index in [2.05, 4.69) is 47.5 Å². The topological polar surface area (TPSA) is 121 Å². The van der Waals surface area contributed by atoms with Gasteiger partial charge in [-0.25, -0.2) is 0 Å². The third kappa shape index (κ3) is 4.88. The molecular formula is C20H19N7O3S. The van der Waals surface area contributed by atoms with Crippen LogP contribution in [-0.4, -0.2) is 60.3 Å². The van der Waals surface area contributed by atoms with Crippen LogP contribution in [-0.2, 0) is 4.74 Å². The van der Waals surface area contributed by atoms with Gasteiger partial charge in [0.15, 0.2) is 0 Å². The summed E-state index contributed by atoms with van der Waals surface area (Å²) in [4.78, 5) is 31.4. The SMILES string of the molecule is COC1=CC(NC(=O)c2nnc(C(=O)Nc3cnccc3N3CCNCC3)s2)=C=C=C1. The highest BCUT2D eigenvalue weighted by molar-refractivity contribution is 7.15. The van der Waals surface area contributed by atoms with E-state index in [0.717, 1.165) is 43.2 Å². The standard InChI is InChI=1S/C20H19N7O3S/c1-30-14-4-2-3-13(11-14)23-17(28)19-25-26-20(31-19)18(29)24-15-12-22-6-5-16(15)27-9-7-21-8-10-27/h4-6,11-12,21H,7-10H2,1H3,(H,23,28)(H,24,29). The van der Waals surface area contributed by atoms with E-state index in [9.17, 15) is 9.59 Å². The molecule has 4 rings (SSSR count). The molecule has 0 bridgehead atoms. The number of carbonyl (C=O) groups is 2. The number of piperazine rings is 1. The Morgan fingerprint density at radius 2 is 1.94 bits per heavy atom. The van der Waals surface area contributed by atoms with Crippen molar-refractivity contribution in [2.45, 2.75) is 0 Å². The first-order valence-electron chi connectivity index (χ1n) is 9.47. The molecule has 0 unspecified atom stereocenters. The maximum Gasteiger partial charge on any atom is 0.287 e. The summed E-state index contributed by atoms with van der Waals surface area (Å²) < 4.78 is 5.09. The van der Waals surface area contributed by atoms with Crippen molar-refractivity contribution in [1.29, 1.82) is 0 Å². The zero-order chi connectivity index (χ0) is 21.6. The second-order valence-electron chi connectivity index (χ2n) is 6.53. The van der Waals surface area contributed by atoms with Gasteiger partial charge < -0.3 is 25.6 Å². The highest BCUT2D eigenvalue weighted by Crippen LogP contribution is 2.25. The molecule has 0 radical (unpaired) electrons. The number of rotatable bonds is 6. The van der Waals surface area contributed by atoms with Gasteiger partial charge in [-0.2, -0.15) is 0 Å². The molecule has 0 aromatic carbocycles. The summed E-state index contributed by atoms with van der Waals surface area (Å²) in [7, 11) is 1.51. The first-order chi connectivity index (χ1) is 15.1. The Labute approximate surface area is 182 Å². The molecule has 0 atom stereocenters. The van der Waals surface area contributed by atoms with Crippen LogP contribution in [0.1, 0.15) is 19.6 Å². The molecule has 1 saturated heterocycles. The van der Waals surface area contributed by atoms with E-state index in [-0.39, 0.29) is 10.0 Å². The number of hydrogen-bond acceptors (Lipinski definition) is 9. The zero-order valence-electron chi connectivity index (χ0n) is 16.6. The largest absolute Gasteiger partial charge is 0.496 e. The average Bonchev–Trinajstić information content (AvgIpc) is 3.31. The quantitative estimate of drug-likeness (QED) is 0.574. The molecule has 2 aliphatic rings. The number of carbonyl (C=O) groups excluding carboxylic acids is 2. The first kappa shape index (κ1) is 20.5. The van der Waals surface area contributed by atoms with E-state index in [1.807, 2.05) is 6.07 Å². The summed E-state index contributed by atoms with van der Waals surface area (Å²) in [6, 6.07) is 1.86. The monoisotopic (exact) mass is 437 g/mol. The molecule has 11 heteroatoms. The number of allylic oxidation sites excluding steroid dienone is 2. The van der Waals surface area contributed by atoms with E-state index in [1.54, 1.807) is 24.5 Å². The lowest BCUT2D eigenvalue weighted by Gasteiger charge is -2.30. The van der Waals surface area contributed by atoms with Gasteiger partial charge in [-0.15, -0.1) is 10.2 Å². The van der Waals surface area contributed by atoms with Gasteiger partial charge in [0, 0.05) is 44.5 Å². The summed E-state index contributed by atoms with van der Waals surface area (Å²) in [5.74, 6) is -0.428. The summed E-state index contributed by atoms with van der Waals surface area (Å²) in [6.45, 7) is 3.39. The summed E-state index contributed by atoms with van der Waals surface area (Å²) in [6.07, 6.45) is 6.48. The van der Waals surface area contributed by atoms with Crippen molar-refractivity contribution >= 4 is 34.5 Å². The van der Waals surface area contributed by atoms with Gasteiger partial charge in [0.25, 0.3) is 11.8 Å². The van der Waals surface area contributed by atoms with Crippen LogP contribution in [0.4, 0.5) is 11.4 Å². The number of pyridine rings is 1. The van der Waals surface area contributed by atoms with Crippen molar-refractivity contribution in [3.63, 3.8) is 0 Å². The van der Waals surface area contributed by atoms with Crippen molar-refractivity contribution in [1.82, 2.24) is 25.8 Å². The molecule has 2 aromatic heterocycles. The molecule has 10 nitrogen and oxygen atoms in total. The maximum atomic E-state index is 12.7. The molecule has 3 heterocycles. The van der Waals surface area contributed by atoms with Gasteiger partial charge >= 0.3 is 0 Å². The molecule has 0 spiro atoms. The minimum absolute atomic E-state index is 0.0508. The van der Waals surface area contributed by atoms with Crippen LogP contribution >= 0.6 is 11.3 Å². The van der Waals surface area contributed by atoms with E-state index in [0.29, 0.717) is 17.1 Å². The number of hydrogen-bond donors (Lipinski definition) is 3. The molecule has 1 aliphatic heterocycles. The maximum absolute atomic E-state index is 12.7.